The summed E-state index contributed by atoms with van der Waals surface area (Å²) in [7, 11) is 0. The topological polar surface area (TPSA) is 26.3 Å². The van der Waals surface area contributed by atoms with E-state index in [0.29, 0.717) is 0 Å². The smallest absolute Gasteiger partial charge is 0.302 e. The van der Waals surface area contributed by atoms with Crippen molar-refractivity contribution in [1.29, 1.82) is 0 Å². The molecule has 0 N–H and O–H groups in total. The predicted octanol–water partition coefficient (Wildman–Crippen LogP) is 4.86. The van der Waals surface area contributed by atoms with Gasteiger partial charge in [-0.1, -0.05) is 58.8 Å². The molecule has 0 aliphatic rings. The molecule has 0 aliphatic heterocycles. The summed E-state index contributed by atoms with van der Waals surface area (Å²) < 4.78 is 5.34. The van der Waals surface area contributed by atoms with Crippen molar-refractivity contribution < 1.29 is 9.53 Å². The molecule has 0 radical (unpaired) electrons. The van der Waals surface area contributed by atoms with E-state index in [0.717, 1.165) is 19.3 Å². The third kappa shape index (κ3) is 11.7. The molecule has 102 valence electrons. The van der Waals surface area contributed by atoms with Crippen molar-refractivity contribution >= 4 is 5.97 Å². The molecule has 2 heteroatoms. The molecule has 1 atom stereocenters. The van der Waals surface area contributed by atoms with E-state index in [2.05, 4.69) is 13.8 Å². The van der Waals surface area contributed by atoms with Crippen molar-refractivity contribution in [2.75, 3.05) is 0 Å². The maximum Gasteiger partial charge on any atom is 0.302 e. The monoisotopic (exact) mass is 242 g/mol. The van der Waals surface area contributed by atoms with Crippen LogP contribution in [-0.2, 0) is 9.53 Å². The number of hydrogen-bond acceptors (Lipinski definition) is 2. The lowest BCUT2D eigenvalue weighted by Gasteiger charge is -2.16. The third-order valence-electron chi connectivity index (χ3n) is 3.09. The summed E-state index contributed by atoms with van der Waals surface area (Å²) >= 11 is 0. The summed E-state index contributed by atoms with van der Waals surface area (Å²) in [5.41, 5.74) is 0. The van der Waals surface area contributed by atoms with Gasteiger partial charge >= 0.3 is 5.97 Å². The molecule has 0 bridgehead atoms. The van der Waals surface area contributed by atoms with Gasteiger partial charge in [0.15, 0.2) is 0 Å². The minimum absolute atomic E-state index is 0.128. The standard InChI is InChI=1S/C15H30O2/c1-4-6-8-9-10-11-13-15(12-7-5-2)17-14(3)16/h15H,4-13H2,1-3H3. The first-order chi connectivity index (χ1) is 8.20. The van der Waals surface area contributed by atoms with Crippen LogP contribution in [0.2, 0.25) is 0 Å². The molecule has 0 amide bonds. The fourth-order valence-electron chi connectivity index (χ4n) is 2.08. The summed E-state index contributed by atoms with van der Waals surface area (Å²) in [6, 6.07) is 0. The lowest BCUT2D eigenvalue weighted by atomic mass is 10.0. The summed E-state index contributed by atoms with van der Waals surface area (Å²) in [5.74, 6) is -0.128. The van der Waals surface area contributed by atoms with E-state index in [-0.39, 0.29) is 12.1 Å². The minimum atomic E-state index is -0.128. The second kappa shape index (κ2) is 11.9. The normalized spacial score (nSPS) is 12.4. The van der Waals surface area contributed by atoms with Crippen LogP contribution in [0.1, 0.15) is 85.0 Å². The van der Waals surface area contributed by atoms with Gasteiger partial charge in [-0.15, -0.1) is 0 Å². The summed E-state index contributed by atoms with van der Waals surface area (Å²) in [4.78, 5) is 11.0. The van der Waals surface area contributed by atoms with Crippen LogP contribution in [0.4, 0.5) is 0 Å². The van der Waals surface area contributed by atoms with E-state index >= 15 is 0 Å². The van der Waals surface area contributed by atoms with Crippen molar-refractivity contribution in [2.24, 2.45) is 0 Å². The van der Waals surface area contributed by atoms with Gasteiger partial charge in [0.25, 0.3) is 0 Å². The first kappa shape index (κ1) is 16.5. The molecule has 2 nitrogen and oxygen atoms in total. The Morgan fingerprint density at radius 1 is 0.882 bits per heavy atom. The second-order valence-electron chi connectivity index (χ2n) is 4.93. The zero-order valence-electron chi connectivity index (χ0n) is 12.0. The van der Waals surface area contributed by atoms with E-state index in [1.807, 2.05) is 0 Å². The van der Waals surface area contributed by atoms with Crippen LogP contribution < -0.4 is 0 Å². The first-order valence-corrected chi connectivity index (χ1v) is 7.37. The molecule has 0 aliphatic carbocycles. The number of unbranched alkanes of at least 4 members (excludes halogenated alkanes) is 6. The van der Waals surface area contributed by atoms with Gasteiger partial charge in [-0.05, 0) is 19.3 Å². The summed E-state index contributed by atoms with van der Waals surface area (Å²) in [6.45, 7) is 5.93. The lowest BCUT2D eigenvalue weighted by Crippen LogP contribution is -2.16. The highest BCUT2D eigenvalue weighted by molar-refractivity contribution is 5.66. The maximum absolute atomic E-state index is 11.0. The second-order valence-corrected chi connectivity index (χ2v) is 4.93. The van der Waals surface area contributed by atoms with Gasteiger partial charge < -0.3 is 4.74 Å². The molecule has 17 heavy (non-hydrogen) atoms. The summed E-state index contributed by atoms with van der Waals surface area (Å²) in [5, 5.41) is 0. The Labute approximate surface area is 107 Å². The number of esters is 1. The van der Waals surface area contributed by atoms with E-state index < -0.39 is 0 Å². The van der Waals surface area contributed by atoms with Gasteiger partial charge in [0.2, 0.25) is 0 Å². The number of carbonyl (C=O) groups is 1. The van der Waals surface area contributed by atoms with Crippen LogP contribution in [0.3, 0.4) is 0 Å². The van der Waals surface area contributed by atoms with E-state index in [1.54, 1.807) is 0 Å². The molecule has 0 fully saturated rings. The summed E-state index contributed by atoms with van der Waals surface area (Å²) in [6.07, 6.45) is 12.4. The van der Waals surface area contributed by atoms with E-state index in [1.165, 1.54) is 51.9 Å². The molecule has 0 aromatic heterocycles. The average Bonchev–Trinajstić information content (AvgIpc) is 2.29. The number of carbonyl (C=O) groups excluding carboxylic acids is 1. The molecule has 1 unspecified atom stereocenters. The largest absolute Gasteiger partial charge is 0.463 e. The predicted molar refractivity (Wildman–Crippen MR) is 73.1 cm³/mol. The Balaban J connectivity index is 3.56. The van der Waals surface area contributed by atoms with E-state index in [4.69, 9.17) is 4.74 Å². The Morgan fingerprint density at radius 2 is 1.41 bits per heavy atom. The van der Waals surface area contributed by atoms with Crippen LogP contribution in [0.5, 0.6) is 0 Å². The SMILES string of the molecule is CCCCCCCCC(CCCC)OC(C)=O. The highest BCUT2D eigenvalue weighted by Gasteiger charge is 2.10. The number of ether oxygens (including phenoxy) is 1. The molecule has 0 heterocycles. The first-order valence-electron chi connectivity index (χ1n) is 7.37. The molecule has 0 rings (SSSR count). The lowest BCUT2D eigenvalue weighted by molar-refractivity contribution is -0.147. The fraction of sp³-hybridized carbons (Fsp3) is 0.933. The van der Waals surface area contributed by atoms with Gasteiger partial charge in [-0.25, -0.2) is 0 Å². The number of hydrogen-bond donors (Lipinski definition) is 0. The number of rotatable bonds is 11. The van der Waals surface area contributed by atoms with Crippen LogP contribution in [-0.4, -0.2) is 12.1 Å². The van der Waals surface area contributed by atoms with Crippen LogP contribution >= 0.6 is 0 Å². The zero-order chi connectivity index (χ0) is 12.9. The highest BCUT2D eigenvalue weighted by atomic mass is 16.5. The third-order valence-corrected chi connectivity index (χ3v) is 3.09. The van der Waals surface area contributed by atoms with Gasteiger partial charge in [0, 0.05) is 6.92 Å². The van der Waals surface area contributed by atoms with E-state index in [9.17, 15) is 4.79 Å². The van der Waals surface area contributed by atoms with Crippen molar-refractivity contribution in [1.82, 2.24) is 0 Å². The molecular weight excluding hydrogens is 212 g/mol. The van der Waals surface area contributed by atoms with Crippen molar-refractivity contribution in [3.8, 4) is 0 Å². The molecule has 0 spiro atoms. The van der Waals surface area contributed by atoms with Gasteiger partial charge in [-0.3, -0.25) is 4.79 Å². The van der Waals surface area contributed by atoms with Gasteiger partial charge in [0.05, 0.1) is 0 Å². The minimum Gasteiger partial charge on any atom is -0.463 e. The van der Waals surface area contributed by atoms with Crippen molar-refractivity contribution in [2.45, 2.75) is 91.1 Å². The molecule has 0 saturated heterocycles. The Kier molecular flexibility index (Phi) is 11.6. The van der Waals surface area contributed by atoms with Crippen LogP contribution in [0.25, 0.3) is 0 Å². The Morgan fingerprint density at radius 3 is 2.00 bits per heavy atom. The maximum atomic E-state index is 11.0. The zero-order valence-corrected chi connectivity index (χ0v) is 12.0. The molecule has 0 saturated carbocycles. The van der Waals surface area contributed by atoms with Gasteiger partial charge in [0.1, 0.15) is 6.10 Å². The molecule has 0 aromatic rings. The molecule has 0 aromatic carbocycles. The Hall–Kier alpha value is -0.530. The van der Waals surface area contributed by atoms with Crippen LogP contribution in [0, 0.1) is 0 Å². The fourth-order valence-corrected chi connectivity index (χ4v) is 2.08. The quantitative estimate of drug-likeness (QED) is 0.382. The van der Waals surface area contributed by atoms with Gasteiger partial charge in [-0.2, -0.15) is 0 Å². The Bertz CT molecular complexity index is 178. The highest BCUT2D eigenvalue weighted by Crippen LogP contribution is 2.15. The molecular formula is C15H30O2. The van der Waals surface area contributed by atoms with Crippen molar-refractivity contribution in [3.05, 3.63) is 0 Å². The van der Waals surface area contributed by atoms with Crippen molar-refractivity contribution in [3.63, 3.8) is 0 Å². The van der Waals surface area contributed by atoms with Crippen LogP contribution in [0.15, 0.2) is 0 Å². The average molecular weight is 242 g/mol.